The Morgan fingerprint density at radius 3 is 2.42 bits per heavy atom. The lowest BCUT2D eigenvalue weighted by Crippen LogP contribution is -2.30. The zero-order chi connectivity index (χ0) is 17.4. The van der Waals surface area contributed by atoms with Gasteiger partial charge in [-0.1, -0.05) is 30.3 Å². The molecule has 2 aromatic carbocycles. The molecule has 0 aliphatic carbocycles. The van der Waals surface area contributed by atoms with Gasteiger partial charge in [0.25, 0.3) is 5.91 Å². The van der Waals surface area contributed by atoms with Crippen LogP contribution in [0.2, 0.25) is 0 Å². The van der Waals surface area contributed by atoms with Crippen LogP contribution in [0.3, 0.4) is 0 Å². The minimum absolute atomic E-state index is 0.112. The molecule has 0 aliphatic rings. The van der Waals surface area contributed by atoms with Crippen LogP contribution in [0.25, 0.3) is 0 Å². The van der Waals surface area contributed by atoms with Crippen LogP contribution >= 0.6 is 0 Å². The molecule has 0 saturated carbocycles. The number of urea groups is 1. The van der Waals surface area contributed by atoms with Crippen molar-refractivity contribution in [1.29, 1.82) is 0 Å². The number of hydrogen-bond donors (Lipinski definition) is 3. The number of nitrogens with one attached hydrogen (secondary N) is 3. The van der Waals surface area contributed by atoms with Crippen molar-refractivity contribution in [2.75, 3.05) is 18.4 Å². The first kappa shape index (κ1) is 17.5. The monoisotopic (exact) mass is 325 g/mol. The normalized spacial score (nSPS) is 10.1. The Bertz CT molecular complexity index is 699. The molecule has 0 bridgehead atoms. The fourth-order valence-electron chi connectivity index (χ4n) is 2.34. The summed E-state index contributed by atoms with van der Waals surface area (Å²) in [6.45, 7) is 4.89. The van der Waals surface area contributed by atoms with Crippen LogP contribution in [0, 0.1) is 6.92 Å². The summed E-state index contributed by atoms with van der Waals surface area (Å²) in [5.41, 5.74) is 3.31. The lowest BCUT2D eigenvalue weighted by molar-refractivity contribution is 0.0955. The lowest BCUT2D eigenvalue weighted by Gasteiger charge is -2.11. The van der Waals surface area contributed by atoms with Gasteiger partial charge in [-0.15, -0.1) is 0 Å². The highest BCUT2D eigenvalue weighted by atomic mass is 16.2. The van der Waals surface area contributed by atoms with Crippen LogP contribution < -0.4 is 16.0 Å². The Hall–Kier alpha value is -2.82. The maximum absolute atomic E-state index is 12.0. The number of rotatable bonds is 6. The highest BCUT2D eigenvalue weighted by Crippen LogP contribution is 2.16. The Morgan fingerprint density at radius 2 is 1.75 bits per heavy atom. The molecule has 24 heavy (non-hydrogen) atoms. The Balaban J connectivity index is 1.86. The fourth-order valence-corrected chi connectivity index (χ4v) is 2.34. The number of carbonyl (C=O) groups excluding carboxylic acids is 2. The van der Waals surface area contributed by atoms with Gasteiger partial charge in [-0.25, -0.2) is 4.79 Å². The van der Waals surface area contributed by atoms with E-state index in [0.29, 0.717) is 24.3 Å². The van der Waals surface area contributed by atoms with Gasteiger partial charge in [-0.05, 0) is 49.6 Å². The van der Waals surface area contributed by atoms with Gasteiger partial charge in [0.1, 0.15) is 0 Å². The second-order valence-corrected chi connectivity index (χ2v) is 5.51. The molecule has 0 spiro atoms. The topological polar surface area (TPSA) is 70.2 Å². The van der Waals surface area contributed by atoms with E-state index >= 15 is 0 Å². The van der Waals surface area contributed by atoms with Crippen molar-refractivity contribution < 1.29 is 9.59 Å². The summed E-state index contributed by atoms with van der Waals surface area (Å²) in [6, 6.07) is 15.0. The molecule has 0 aromatic heterocycles. The van der Waals surface area contributed by atoms with E-state index in [0.717, 1.165) is 12.0 Å². The maximum Gasteiger partial charge on any atom is 0.319 e. The zero-order valence-corrected chi connectivity index (χ0v) is 14.1. The molecule has 5 nitrogen and oxygen atoms in total. The largest absolute Gasteiger partial charge is 0.352 e. The Kier molecular flexibility index (Phi) is 6.37. The third-order valence-electron chi connectivity index (χ3n) is 3.62. The molecule has 126 valence electrons. The predicted octanol–water partition coefficient (Wildman–Crippen LogP) is 3.11. The molecular formula is C19H23N3O2. The van der Waals surface area contributed by atoms with E-state index in [-0.39, 0.29) is 11.9 Å². The van der Waals surface area contributed by atoms with Gasteiger partial charge in [0.2, 0.25) is 0 Å². The van der Waals surface area contributed by atoms with Gasteiger partial charge in [-0.3, -0.25) is 4.79 Å². The summed E-state index contributed by atoms with van der Waals surface area (Å²) in [7, 11) is 0. The van der Waals surface area contributed by atoms with Gasteiger partial charge in [0, 0.05) is 24.3 Å². The molecule has 3 N–H and O–H groups in total. The van der Waals surface area contributed by atoms with Crippen molar-refractivity contribution in [3.8, 4) is 0 Å². The van der Waals surface area contributed by atoms with Crippen molar-refractivity contribution in [3.63, 3.8) is 0 Å². The van der Waals surface area contributed by atoms with Crippen molar-refractivity contribution in [2.24, 2.45) is 0 Å². The minimum atomic E-state index is -0.250. The molecule has 0 saturated heterocycles. The number of hydrogen-bond acceptors (Lipinski definition) is 2. The highest BCUT2D eigenvalue weighted by molar-refractivity contribution is 5.96. The average Bonchev–Trinajstić information content (AvgIpc) is 2.58. The summed E-state index contributed by atoms with van der Waals surface area (Å²) < 4.78 is 0. The predicted molar refractivity (Wildman–Crippen MR) is 96.4 cm³/mol. The van der Waals surface area contributed by atoms with Crippen molar-refractivity contribution in [1.82, 2.24) is 10.6 Å². The summed E-state index contributed by atoms with van der Waals surface area (Å²) in [5, 5.41) is 8.40. The number of anilines is 1. The molecule has 2 aromatic rings. The second-order valence-electron chi connectivity index (χ2n) is 5.51. The molecule has 0 unspecified atom stereocenters. The zero-order valence-electron chi connectivity index (χ0n) is 14.1. The van der Waals surface area contributed by atoms with Crippen LogP contribution in [-0.2, 0) is 6.42 Å². The van der Waals surface area contributed by atoms with Crippen LogP contribution in [0.5, 0.6) is 0 Å². The second kappa shape index (κ2) is 8.72. The molecule has 0 radical (unpaired) electrons. The summed E-state index contributed by atoms with van der Waals surface area (Å²) in [4.78, 5) is 23.8. The first-order chi connectivity index (χ1) is 11.6. The molecule has 0 heterocycles. The van der Waals surface area contributed by atoms with Crippen LogP contribution in [-0.4, -0.2) is 25.0 Å². The van der Waals surface area contributed by atoms with E-state index < -0.39 is 0 Å². The maximum atomic E-state index is 12.0. The summed E-state index contributed by atoms with van der Waals surface area (Å²) >= 11 is 0. The van der Waals surface area contributed by atoms with Crippen LogP contribution in [0.1, 0.15) is 28.4 Å². The number of benzene rings is 2. The Morgan fingerprint density at radius 1 is 1.00 bits per heavy atom. The first-order valence-electron chi connectivity index (χ1n) is 8.07. The van der Waals surface area contributed by atoms with E-state index in [4.69, 9.17) is 0 Å². The van der Waals surface area contributed by atoms with Gasteiger partial charge in [-0.2, -0.15) is 0 Å². The smallest absolute Gasteiger partial charge is 0.319 e. The average molecular weight is 325 g/mol. The summed E-state index contributed by atoms with van der Waals surface area (Å²) in [5.74, 6) is -0.112. The van der Waals surface area contributed by atoms with E-state index in [1.54, 1.807) is 18.2 Å². The molecule has 3 amide bonds. The van der Waals surface area contributed by atoms with Crippen molar-refractivity contribution >= 4 is 17.6 Å². The van der Waals surface area contributed by atoms with Gasteiger partial charge in [0.15, 0.2) is 0 Å². The summed E-state index contributed by atoms with van der Waals surface area (Å²) in [6.07, 6.45) is 0.781. The number of carbonyl (C=O) groups is 2. The standard InChI is InChI=1S/C19H23N3O2/c1-3-20-18(23)16-9-10-17(14(2)13-16)22-19(24)21-12-11-15-7-5-4-6-8-15/h4-10,13H,3,11-12H2,1-2H3,(H,20,23)(H2,21,22,24). The molecular weight excluding hydrogens is 302 g/mol. The van der Waals surface area contributed by atoms with Gasteiger partial charge < -0.3 is 16.0 Å². The lowest BCUT2D eigenvalue weighted by atomic mass is 10.1. The SMILES string of the molecule is CCNC(=O)c1ccc(NC(=O)NCCc2ccccc2)c(C)c1. The number of amides is 3. The van der Waals surface area contributed by atoms with Gasteiger partial charge in [0.05, 0.1) is 0 Å². The number of aryl methyl sites for hydroxylation is 1. The Labute approximate surface area is 142 Å². The van der Waals surface area contributed by atoms with E-state index in [2.05, 4.69) is 16.0 Å². The van der Waals surface area contributed by atoms with E-state index in [1.807, 2.05) is 44.2 Å². The quantitative estimate of drug-likeness (QED) is 0.764. The first-order valence-corrected chi connectivity index (χ1v) is 8.07. The van der Waals surface area contributed by atoms with Gasteiger partial charge >= 0.3 is 6.03 Å². The molecule has 0 fully saturated rings. The third kappa shape index (κ3) is 5.12. The molecule has 5 heteroatoms. The molecule has 0 aliphatic heterocycles. The third-order valence-corrected chi connectivity index (χ3v) is 3.62. The van der Waals surface area contributed by atoms with Crippen molar-refractivity contribution in [3.05, 3.63) is 65.2 Å². The van der Waals surface area contributed by atoms with Crippen LogP contribution in [0.15, 0.2) is 48.5 Å². The molecule has 2 rings (SSSR count). The fraction of sp³-hybridized carbons (Fsp3) is 0.263. The van der Waals surface area contributed by atoms with Crippen LogP contribution in [0.4, 0.5) is 10.5 Å². The van der Waals surface area contributed by atoms with E-state index in [9.17, 15) is 9.59 Å². The molecule has 0 atom stereocenters. The highest BCUT2D eigenvalue weighted by Gasteiger charge is 2.08. The minimum Gasteiger partial charge on any atom is -0.352 e. The van der Waals surface area contributed by atoms with E-state index in [1.165, 1.54) is 5.56 Å². The van der Waals surface area contributed by atoms with Crippen molar-refractivity contribution in [2.45, 2.75) is 20.3 Å².